The maximum atomic E-state index is 13.4. The second-order valence-corrected chi connectivity index (χ2v) is 3.93. The molecule has 0 aromatic heterocycles. The number of nitrogens with one attached hydrogen (secondary N) is 1. The Morgan fingerprint density at radius 1 is 1.64 bits per heavy atom. The lowest BCUT2D eigenvalue weighted by atomic mass is 10.1. The van der Waals surface area contributed by atoms with Gasteiger partial charge >= 0.3 is 0 Å². The summed E-state index contributed by atoms with van der Waals surface area (Å²) in [5.74, 6) is -1.01. The molecule has 0 aliphatic heterocycles. The highest BCUT2D eigenvalue weighted by molar-refractivity contribution is 9.10. The summed E-state index contributed by atoms with van der Waals surface area (Å²) < 4.78 is 13.8. The number of carbonyl (C=O) groups excluding carboxylic acids is 1. The lowest BCUT2D eigenvalue weighted by molar-refractivity contribution is 0.0989. The summed E-state index contributed by atoms with van der Waals surface area (Å²) in [6, 6.07) is 2.95. The van der Waals surface area contributed by atoms with E-state index >= 15 is 0 Å². The number of halogens is 3. The van der Waals surface area contributed by atoms with Crippen molar-refractivity contribution in [1.82, 2.24) is 5.32 Å². The van der Waals surface area contributed by atoms with Gasteiger partial charge in [-0.2, -0.15) is 0 Å². The molecule has 0 bridgehead atoms. The molecule has 1 aromatic carbocycles. The lowest BCUT2D eigenvalue weighted by Crippen LogP contribution is -2.20. The van der Waals surface area contributed by atoms with E-state index in [-0.39, 0.29) is 22.9 Å². The van der Waals surface area contributed by atoms with Gasteiger partial charge in [0.2, 0.25) is 0 Å². The van der Waals surface area contributed by atoms with E-state index in [1.165, 1.54) is 6.07 Å². The molecule has 0 amide bonds. The van der Waals surface area contributed by atoms with Crippen LogP contribution >= 0.6 is 27.5 Å². The lowest BCUT2D eigenvalue weighted by Gasteiger charge is -2.05. The minimum Gasteiger partial charge on any atom is -0.313 e. The molecule has 5 heteroatoms. The molecule has 0 aliphatic rings. The van der Waals surface area contributed by atoms with Gasteiger partial charge in [0.15, 0.2) is 11.6 Å². The van der Waals surface area contributed by atoms with Crippen LogP contribution in [0.3, 0.4) is 0 Å². The second kappa shape index (κ2) is 4.87. The Labute approximate surface area is 94.6 Å². The van der Waals surface area contributed by atoms with Gasteiger partial charge in [-0.3, -0.25) is 4.79 Å². The van der Waals surface area contributed by atoms with E-state index in [0.717, 1.165) is 0 Å². The van der Waals surface area contributed by atoms with Crippen molar-refractivity contribution in [2.75, 3.05) is 13.6 Å². The molecule has 76 valence electrons. The molecule has 0 spiro atoms. The van der Waals surface area contributed by atoms with Crippen molar-refractivity contribution in [1.29, 1.82) is 0 Å². The summed E-state index contributed by atoms with van der Waals surface area (Å²) in [6.07, 6.45) is 0. The van der Waals surface area contributed by atoms with Crippen LogP contribution in [0.25, 0.3) is 0 Å². The first-order valence-corrected chi connectivity index (χ1v) is 5.06. The average Bonchev–Trinajstić information content (AvgIpc) is 2.13. The first kappa shape index (κ1) is 11.6. The van der Waals surface area contributed by atoms with E-state index in [1.54, 1.807) is 13.1 Å². The zero-order valence-electron chi connectivity index (χ0n) is 7.40. The number of rotatable bonds is 3. The summed E-state index contributed by atoms with van der Waals surface area (Å²) in [5, 5.41) is 2.61. The van der Waals surface area contributed by atoms with E-state index in [4.69, 9.17) is 11.6 Å². The molecule has 1 aromatic rings. The molecule has 2 nitrogen and oxygen atoms in total. The third-order valence-electron chi connectivity index (χ3n) is 1.66. The van der Waals surface area contributed by atoms with Gasteiger partial charge in [-0.15, -0.1) is 0 Å². The number of hydrogen-bond acceptors (Lipinski definition) is 2. The summed E-state index contributed by atoms with van der Waals surface area (Å²) in [7, 11) is 1.62. The molecule has 0 unspecified atom stereocenters. The number of benzene rings is 1. The van der Waals surface area contributed by atoms with E-state index < -0.39 is 5.82 Å². The van der Waals surface area contributed by atoms with Gasteiger partial charge in [0.05, 0.1) is 17.1 Å². The third-order valence-corrected chi connectivity index (χ3v) is 2.61. The molecule has 0 radical (unpaired) electrons. The van der Waals surface area contributed by atoms with Crippen LogP contribution in [0, 0.1) is 5.82 Å². The van der Waals surface area contributed by atoms with Gasteiger partial charge in [0.1, 0.15) is 0 Å². The molecule has 14 heavy (non-hydrogen) atoms. The van der Waals surface area contributed by atoms with Crippen LogP contribution in [0.4, 0.5) is 4.39 Å². The van der Waals surface area contributed by atoms with Gasteiger partial charge < -0.3 is 5.32 Å². The first-order valence-electron chi connectivity index (χ1n) is 3.89. The van der Waals surface area contributed by atoms with Gasteiger partial charge in [-0.1, -0.05) is 11.6 Å². The van der Waals surface area contributed by atoms with Crippen molar-refractivity contribution in [3.05, 3.63) is 33.0 Å². The number of ketones is 1. The summed E-state index contributed by atoms with van der Waals surface area (Å²) in [4.78, 5) is 11.4. The predicted octanol–water partition coefficient (Wildman–Crippen LogP) is 2.64. The summed E-state index contributed by atoms with van der Waals surface area (Å²) in [5.41, 5.74) is -0.00755. The van der Waals surface area contributed by atoms with E-state index in [2.05, 4.69) is 21.2 Å². The van der Waals surface area contributed by atoms with Gasteiger partial charge in [0, 0.05) is 4.47 Å². The third kappa shape index (κ3) is 2.32. The molecule has 0 atom stereocenters. The Kier molecular flexibility index (Phi) is 4.04. The maximum absolute atomic E-state index is 13.4. The minimum atomic E-state index is -0.679. The highest BCUT2D eigenvalue weighted by Crippen LogP contribution is 2.25. The zero-order valence-corrected chi connectivity index (χ0v) is 9.75. The Bertz CT molecular complexity index is 370. The maximum Gasteiger partial charge on any atom is 0.180 e. The number of Topliss-reactive ketones (excluding diaryl/α,β-unsaturated/α-hetero) is 1. The van der Waals surface area contributed by atoms with Crippen LogP contribution in [-0.2, 0) is 0 Å². The SMILES string of the molecule is CNCC(=O)c1c(Br)ccc(Cl)c1F. The molecule has 0 aliphatic carbocycles. The fraction of sp³-hybridized carbons (Fsp3) is 0.222. The predicted molar refractivity (Wildman–Crippen MR) is 57.4 cm³/mol. The zero-order chi connectivity index (χ0) is 10.7. The Morgan fingerprint density at radius 2 is 2.29 bits per heavy atom. The van der Waals surface area contributed by atoms with Gasteiger partial charge in [-0.05, 0) is 35.1 Å². The van der Waals surface area contributed by atoms with Gasteiger partial charge in [-0.25, -0.2) is 4.39 Å². The Morgan fingerprint density at radius 3 is 2.86 bits per heavy atom. The largest absolute Gasteiger partial charge is 0.313 e. The highest BCUT2D eigenvalue weighted by Gasteiger charge is 2.17. The summed E-state index contributed by atoms with van der Waals surface area (Å²) in [6.45, 7) is 0.0792. The van der Waals surface area contributed by atoms with Crippen LogP contribution < -0.4 is 5.32 Å². The minimum absolute atomic E-state index is 0.00755. The van der Waals surface area contributed by atoms with Crippen molar-refractivity contribution in [2.24, 2.45) is 0 Å². The average molecular weight is 281 g/mol. The van der Waals surface area contributed by atoms with Crippen LogP contribution in [0.15, 0.2) is 16.6 Å². The Balaban J connectivity index is 3.18. The standard InChI is InChI=1S/C9H8BrClFNO/c1-13-4-7(14)8-5(10)2-3-6(11)9(8)12/h2-3,13H,4H2,1H3. The molecule has 0 fully saturated rings. The molecular formula is C9H8BrClFNO. The smallest absolute Gasteiger partial charge is 0.180 e. The second-order valence-electron chi connectivity index (χ2n) is 2.67. The molecule has 0 heterocycles. The van der Waals surface area contributed by atoms with Crippen LogP contribution in [-0.4, -0.2) is 19.4 Å². The van der Waals surface area contributed by atoms with Crippen molar-refractivity contribution in [3.63, 3.8) is 0 Å². The van der Waals surface area contributed by atoms with E-state index in [0.29, 0.717) is 4.47 Å². The van der Waals surface area contributed by atoms with E-state index in [9.17, 15) is 9.18 Å². The monoisotopic (exact) mass is 279 g/mol. The van der Waals surface area contributed by atoms with Crippen LogP contribution in [0.2, 0.25) is 5.02 Å². The van der Waals surface area contributed by atoms with Crippen molar-refractivity contribution in [2.45, 2.75) is 0 Å². The normalized spacial score (nSPS) is 10.3. The quantitative estimate of drug-likeness (QED) is 0.681. The number of hydrogen-bond donors (Lipinski definition) is 1. The van der Waals surface area contributed by atoms with Crippen molar-refractivity contribution in [3.8, 4) is 0 Å². The molecular weight excluding hydrogens is 272 g/mol. The van der Waals surface area contributed by atoms with Crippen LogP contribution in [0.1, 0.15) is 10.4 Å². The molecule has 0 saturated heterocycles. The Hall–Kier alpha value is -0.450. The highest BCUT2D eigenvalue weighted by atomic mass is 79.9. The summed E-state index contributed by atoms with van der Waals surface area (Å²) >= 11 is 8.67. The molecule has 0 saturated carbocycles. The topological polar surface area (TPSA) is 29.1 Å². The molecule has 1 rings (SSSR count). The van der Waals surface area contributed by atoms with Crippen molar-refractivity contribution < 1.29 is 9.18 Å². The van der Waals surface area contributed by atoms with E-state index in [1.807, 2.05) is 0 Å². The molecule has 1 N–H and O–H groups in total. The fourth-order valence-electron chi connectivity index (χ4n) is 1.03. The van der Waals surface area contributed by atoms with Crippen molar-refractivity contribution >= 4 is 33.3 Å². The number of carbonyl (C=O) groups is 1. The van der Waals surface area contributed by atoms with Gasteiger partial charge in [0.25, 0.3) is 0 Å². The van der Waals surface area contributed by atoms with Crippen LogP contribution in [0.5, 0.6) is 0 Å². The number of likely N-dealkylation sites (N-methyl/N-ethyl adjacent to an activating group) is 1. The first-order chi connectivity index (χ1) is 6.57. The fourth-order valence-corrected chi connectivity index (χ4v) is 1.72.